The second kappa shape index (κ2) is 10.0. The Labute approximate surface area is 191 Å². The van der Waals surface area contributed by atoms with Crippen LogP contribution in [0.25, 0.3) is 0 Å². The maximum Gasteiger partial charge on any atom is 0.252 e. The van der Waals surface area contributed by atoms with E-state index >= 15 is 0 Å². The molecule has 4 rings (SSSR count). The summed E-state index contributed by atoms with van der Waals surface area (Å²) in [7, 11) is 0. The lowest BCUT2D eigenvalue weighted by Crippen LogP contribution is -2.49. The first-order chi connectivity index (χ1) is 15.1. The smallest absolute Gasteiger partial charge is 0.252 e. The fraction of sp³-hybridized carbons (Fsp3) is 0.261. The van der Waals surface area contributed by atoms with Crippen molar-refractivity contribution >= 4 is 35.0 Å². The van der Waals surface area contributed by atoms with E-state index in [9.17, 15) is 4.79 Å². The summed E-state index contributed by atoms with van der Waals surface area (Å²) >= 11 is 7.66. The summed E-state index contributed by atoms with van der Waals surface area (Å²) in [4.78, 5) is 25.6. The fourth-order valence-corrected chi connectivity index (χ4v) is 4.43. The van der Waals surface area contributed by atoms with Crippen LogP contribution in [0.15, 0.2) is 66.0 Å². The van der Waals surface area contributed by atoms with E-state index in [1.165, 1.54) is 11.8 Å². The standard InChI is InChI=1S/C23H23ClN4O2S/c1-17-6-2-5-9-20(17)30-22-23(26-11-10-25-22)31-16-21(29)28-14-12-27(13-15-28)19-8-4-3-7-18(19)24/h2-11H,12-16H2,1H3. The number of nitrogens with zero attached hydrogens (tertiary/aromatic N) is 4. The summed E-state index contributed by atoms with van der Waals surface area (Å²) in [5.41, 5.74) is 2.03. The minimum absolute atomic E-state index is 0.0799. The second-order valence-corrected chi connectivity index (χ2v) is 8.51. The van der Waals surface area contributed by atoms with Crippen LogP contribution < -0.4 is 9.64 Å². The van der Waals surface area contributed by atoms with Crippen LogP contribution in [0.1, 0.15) is 5.56 Å². The lowest BCUT2D eigenvalue weighted by Gasteiger charge is -2.36. The molecule has 1 aliphatic rings. The normalized spacial score (nSPS) is 13.9. The topological polar surface area (TPSA) is 58.6 Å². The molecule has 6 nitrogen and oxygen atoms in total. The number of hydrogen-bond acceptors (Lipinski definition) is 6. The third-order valence-electron chi connectivity index (χ3n) is 5.09. The van der Waals surface area contributed by atoms with Crippen LogP contribution >= 0.6 is 23.4 Å². The molecule has 1 amide bonds. The Morgan fingerprint density at radius 3 is 2.52 bits per heavy atom. The molecule has 8 heteroatoms. The zero-order valence-electron chi connectivity index (χ0n) is 17.2. The highest BCUT2D eigenvalue weighted by molar-refractivity contribution is 8.00. The lowest BCUT2D eigenvalue weighted by molar-refractivity contribution is -0.128. The first-order valence-electron chi connectivity index (χ1n) is 10.1. The SMILES string of the molecule is Cc1ccccc1Oc1nccnc1SCC(=O)N1CCN(c2ccccc2Cl)CC1. The number of piperazine rings is 1. The largest absolute Gasteiger partial charge is 0.436 e. The molecule has 1 aliphatic heterocycles. The minimum Gasteiger partial charge on any atom is -0.436 e. The molecule has 1 aromatic heterocycles. The quantitative estimate of drug-likeness (QED) is 0.504. The van der Waals surface area contributed by atoms with Crippen molar-refractivity contribution in [3.8, 4) is 11.6 Å². The van der Waals surface area contributed by atoms with Gasteiger partial charge in [0.1, 0.15) is 5.75 Å². The van der Waals surface area contributed by atoms with Gasteiger partial charge in [0.2, 0.25) is 5.91 Å². The van der Waals surface area contributed by atoms with E-state index in [0.717, 1.165) is 35.1 Å². The van der Waals surface area contributed by atoms with Crippen LogP contribution in [-0.4, -0.2) is 52.7 Å². The fourth-order valence-electron chi connectivity index (χ4n) is 3.38. The summed E-state index contributed by atoms with van der Waals surface area (Å²) in [6.07, 6.45) is 3.20. The van der Waals surface area contributed by atoms with E-state index in [1.807, 2.05) is 60.4 Å². The zero-order chi connectivity index (χ0) is 21.6. The first-order valence-corrected chi connectivity index (χ1v) is 11.4. The Bertz CT molecular complexity index is 1060. The highest BCUT2D eigenvalue weighted by atomic mass is 35.5. The summed E-state index contributed by atoms with van der Waals surface area (Å²) < 4.78 is 5.95. The van der Waals surface area contributed by atoms with Gasteiger partial charge in [-0.05, 0) is 30.7 Å². The van der Waals surface area contributed by atoms with Crippen LogP contribution in [0.3, 0.4) is 0 Å². The van der Waals surface area contributed by atoms with E-state index in [1.54, 1.807) is 12.4 Å². The molecular formula is C23H23ClN4O2S. The molecule has 0 N–H and O–H groups in total. The predicted molar refractivity (Wildman–Crippen MR) is 124 cm³/mol. The van der Waals surface area contributed by atoms with Crippen molar-refractivity contribution in [2.24, 2.45) is 0 Å². The maximum absolute atomic E-state index is 12.8. The monoisotopic (exact) mass is 454 g/mol. The van der Waals surface area contributed by atoms with Gasteiger partial charge in [-0.25, -0.2) is 9.97 Å². The number of aryl methyl sites for hydroxylation is 1. The number of para-hydroxylation sites is 2. The molecule has 2 aromatic carbocycles. The molecule has 0 spiro atoms. The minimum atomic E-state index is 0.0799. The first kappa shape index (κ1) is 21.5. The number of carbonyl (C=O) groups excluding carboxylic acids is 1. The van der Waals surface area contributed by atoms with Crippen molar-refractivity contribution < 1.29 is 9.53 Å². The van der Waals surface area contributed by atoms with Gasteiger partial charge in [0.05, 0.1) is 16.5 Å². The molecule has 0 unspecified atom stereocenters. The predicted octanol–water partition coefficient (Wildman–Crippen LogP) is 4.67. The summed E-state index contributed by atoms with van der Waals surface area (Å²) in [6, 6.07) is 15.5. The Hall–Kier alpha value is -2.77. The van der Waals surface area contributed by atoms with E-state index < -0.39 is 0 Å². The number of ether oxygens (including phenoxy) is 1. The molecule has 0 bridgehead atoms. The van der Waals surface area contributed by atoms with Gasteiger partial charge < -0.3 is 14.5 Å². The van der Waals surface area contributed by atoms with E-state index in [2.05, 4.69) is 14.9 Å². The lowest BCUT2D eigenvalue weighted by atomic mass is 10.2. The zero-order valence-corrected chi connectivity index (χ0v) is 18.8. The highest BCUT2D eigenvalue weighted by Gasteiger charge is 2.23. The van der Waals surface area contributed by atoms with E-state index in [-0.39, 0.29) is 11.7 Å². The van der Waals surface area contributed by atoms with Crippen LogP contribution in [0, 0.1) is 6.92 Å². The third-order valence-corrected chi connectivity index (χ3v) is 6.36. The third kappa shape index (κ3) is 5.29. The van der Waals surface area contributed by atoms with Crippen LogP contribution in [0.4, 0.5) is 5.69 Å². The van der Waals surface area contributed by atoms with E-state index in [0.29, 0.717) is 24.0 Å². The number of aromatic nitrogens is 2. The molecule has 0 saturated carbocycles. The average molecular weight is 455 g/mol. The Morgan fingerprint density at radius 1 is 1.03 bits per heavy atom. The number of hydrogen-bond donors (Lipinski definition) is 0. The molecule has 1 fully saturated rings. The number of anilines is 1. The van der Waals surface area contributed by atoms with Gasteiger partial charge >= 0.3 is 0 Å². The van der Waals surface area contributed by atoms with Crippen molar-refractivity contribution in [1.29, 1.82) is 0 Å². The summed E-state index contributed by atoms with van der Waals surface area (Å²) in [5, 5.41) is 1.34. The molecule has 0 aliphatic carbocycles. The van der Waals surface area contributed by atoms with Crippen molar-refractivity contribution in [2.45, 2.75) is 11.9 Å². The summed E-state index contributed by atoms with van der Waals surface area (Å²) in [5.74, 6) is 1.51. The molecule has 2 heterocycles. The molecule has 160 valence electrons. The second-order valence-electron chi connectivity index (χ2n) is 7.14. The van der Waals surface area contributed by atoms with E-state index in [4.69, 9.17) is 16.3 Å². The number of halogens is 1. The molecule has 31 heavy (non-hydrogen) atoms. The molecule has 1 saturated heterocycles. The van der Waals surface area contributed by atoms with Gasteiger partial charge in [-0.15, -0.1) is 0 Å². The molecular weight excluding hydrogens is 432 g/mol. The van der Waals surface area contributed by atoms with Crippen LogP contribution in [0.5, 0.6) is 11.6 Å². The average Bonchev–Trinajstić information content (AvgIpc) is 2.80. The summed E-state index contributed by atoms with van der Waals surface area (Å²) in [6.45, 7) is 4.82. The van der Waals surface area contributed by atoms with Gasteiger partial charge in [0.25, 0.3) is 5.88 Å². The van der Waals surface area contributed by atoms with Crippen LogP contribution in [-0.2, 0) is 4.79 Å². The Morgan fingerprint density at radius 2 is 1.74 bits per heavy atom. The van der Waals surface area contributed by atoms with Crippen molar-refractivity contribution in [3.05, 3.63) is 71.5 Å². The number of carbonyl (C=O) groups is 1. The molecule has 0 atom stereocenters. The van der Waals surface area contributed by atoms with Gasteiger partial charge in [-0.1, -0.05) is 53.7 Å². The number of thioether (sulfide) groups is 1. The van der Waals surface area contributed by atoms with Gasteiger partial charge in [-0.3, -0.25) is 4.79 Å². The molecule has 0 radical (unpaired) electrons. The Balaban J connectivity index is 1.34. The number of rotatable bonds is 6. The Kier molecular flexibility index (Phi) is 6.94. The van der Waals surface area contributed by atoms with Crippen LogP contribution in [0.2, 0.25) is 5.02 Å². The van der Waals surface area contributed by atoms with Gasteiger partial charge in [0.15, 0.2) is 5.03 Å². The van der Waals surface area contributed by atoms with Crippen molar-refractivity contribution in [1.82, 2.24) is 14.9 Å². The van der Waals surface area contributed by atoms with Gasteiger partial charge in [0, 0.05) is 38.6 Å². The number of benzene rings is 2. The van der Waals surface area contributed by atoms with Crippen molar-refractivity contribution in [3.63, 3.8) is 0 Å². The van der Waals surface area contributed by atoms with Crippen molar-refractivity contribution in [2.75, 3.05) is 36.8 Å². The number of amides is 1. The highest BCUT2D eigenvalue weighted by Crippen LogP contribution is 2.31. The van der Waals surface area contributed by atoms with Gasteiger partial charge in [-0.2, -0.15) is 0 Å². The molecule has 3 aromatic rings. The maximum atomic E-state index is 12.8.